The van der Waals surface area contributed by atoms with Crippen LogP contribution in [0.25, 0.3) is 0 Å². The first-order valence-corrected chi connectivity index (χ1v) is 12.2. The van der Waals surface area contributed by atoms with Crippen LogP contribution in [0.3, 0.4) is 0 Å². The number of carbonyl (C=O) groups is 1. The number of aryl methyl sites for hydroxylation is 4. The minimum Gasteiger partial charge on any atom is -0.508 e. The highest BCUT2D eigenvalue weighted by Gasteiger charge is 2.30. The third-order valence-corrected chi connectivity index (χ3v) is 7.37. The fraction of sp³-hybridized carbons (Fsp3) is 0.231. The van der Waals surface area contributed by atoms with Crippen molar-refractivity contribution in [2.24, 2.45) is 5.10 Å². The lowest BCUT2D eigenvalue weighted by Crippen LogP contribution is -2.39. The number of benzene rings is 3. The van der Waals surface area contributed by atoms with E-state index in [1.54, 1.807) is 26.0 Å². The molecule has 0 fully saturated rings. The number of nitrogens with zero attached hydrogens (tertiary/aromatic N) is 2. The van der Waals surface area contributed by atoms with Crippen molar-refractivity contribution >= 4 is 22.1 Å². The van der Waals surface area contributed by atoms with Crippen molar-refractivity contribution in [2.45, 2.75) is 39.1 Å². The van der Waals surface area contributed by atoms with Gasteiger partial charge < -0.3 is 5.11 Å². The van der Waals surface area contributed by atoms with Crippen molar-refractivity contribution in [2.75, 3.05) is 6.54 Å². The summed E-state index contributed by atoms with van der Waals surface area (Å²) in [4.78, 5) is 12.9. The molecule has 0 atom stereocenters. The van der Waals surface area contributed by atoms with Crippen LogP contribution in [0.2, 0.25) is 0 Å². The van der Waals surface area contributed by atoms with E-state index in [9.17, 15) is 18.3 Å². The monoisotopic (exact) mass is 479 g/mol. The third kappa shape index (κ3) is 6.30. The summed E-state index contributed by atoms with van der Waals surface area (Å²) >= 11 is 0. The van der Waals surface area contributed by atoms with Gasteiger partial charge in [0.05, 0.1) is 17.7 Å². The number of phenols is 1. The van der Waals surface area contributed by atoms with E-state index in [0.29, 0.717) is 16.7 Å². The molecule has 3 aromatic rings. The van der Waals surface area contributed by atoms with Crippen molar-refractivity contribution in [1.82, 2.24) is 9.73 Å². The van der Waals surface area contributed by atoms with Crippen molar-refractivity contribution in [3.05, 3.63) is 94.0 Å². The Labute approximate surface area is 200 Å². The van der Waals surface area contributed by atoms with Crippen LogP contribution in [-0.2, 0) is 21.4 Å². The smallest absolute Gasteiger partial charge is 0.255 e. The van der Waals surface area contributed by atoms with Crippen LogP contribution in [0.1, 0.15) is 33.4 Å². The molecule has 3 rings (SSSR count). The van der Waals surface area contributed by atoms with Crippen LogP contribution < -0.4 is 5.43 Å². The Bertz CT molecular complexity index is 1290. The number of rotatable bonds is 8. The average molecular weight is 480 g/mol. The van der Waals surface area contributed by atoms with E-state index in [2.05, 4.69) is 10.5 Å². The molecule has 8 heteroatoms. The highest BCUT2D eigenvalue weighted by atomic mass is 32.2. The van der Waals surface area contributed by atoms with Crippen LogP contribution >= 0.6 is 0 Å². The highest BCUT2D eigenvalue weighted by Crippen LogP contribution is 2.26. The van der Waals surface area contributed by atoms with E-state index in [4.69, 9.17) is 0 Å². The van der Waals surface area contributed by atoms with Crippen LogP contribution in [0.5, 0.6) is 5.75 Å². The van der Waals surface area contributed by atoms with Gasteiger partial charge in [0.1, 0.15) is 5.75 Å². The predicted octanol–water partition coefficient (Wildman–Crippen LogP) is 3.97. The van der Waals surface area contributed by atoms with E-state index >= 15 is 0 Å². The van der Waals surface area contributed by atoms with E-state index in [1.807, 2.05) is 50.2 Å². The Kier molecular flexibility index (Phi) is 7.86. The van der Waals surface area contributed by atoms with Gasteiger partial charge in [-0.3, -0.25) is 4.79 Å². The van der Waals surface area contributed by atoms with Crippen LogP contribution in [0.15, 0.2) is 70.7 Å². The van der Waals surface area contributed by atoms with Gasteiger partial charge in [-0.1, -0.05) is 59.7 Å². The first kappa shape index (κ1) is 25.1. The maximum atomic E-state index is 13.7. The summed E-state index contributed by atoms with van der Waals surface area (Å²) in [6, 6.07) is 17.5. The largest absolute Gasteiger partial charge is 0.508 e. The molecular formula is C26H29N3O4S. The zero-order valence-electron chi connectivity index (χ0n) is 19.7. The highest BCUT2D eigenvalue weighted by molar-refractivity contribution is 7.89. The molecule has 0 saturated heterocycles. The molecule has 2 N–H and O–H groups in total. The molecule has 0 aromatic heterocycles. The lowest BCUT2D eigenvalue weighted by atomic mass is 10.1. The Balaban J connectivity index is 1.87. The van der Waals surface area contributed by atoms with Crippen LogP contribution in [-0.4, -0.2) is 36.5 Å². The van der Waals surface area contributed by atoms with Gasteiger partial charge >= 0.3 is 0 Å². The molecule has 0 aliphatic carbocycles. The number of hydrogen-bond donors (Lipinski definition) is 2. The van der Waals surface area contributed by atoms with Crippen molar-refractivity contribution in [3.8, 4) is 5.75 Å². The maximum Gasteiger partial charge on any atom is 0.255 e. The summed E-state index contributed by atoms with van der Waals surface area (Å²) in [6.07, 6.45) is 1.38. The Morgan fingerprint density at radius 1 is 0.971 bits per heavy atom. The zero-order valence-corrected chi connectivity index (χ0v) is 20.6. The number of aromatic hydroxyl groups is 1. The fourth-order valence-electron chi connectivity index (χ4n) is 3.81. The van der Waals surface area contributed by atoms with E-state index in [-0.39, 0.29) is 17.2 Å². The molecule has 0 spiro atoms. The number of hydrogen-bond acceptors (Lipinski definition) is 5. The molecule has 178 valence electrons. The van der Waals surface area contributed by atoms with Crippen molar-refractivity contribution < 1.29 is 18.3 Å². The van der Waals surface area contributed by atoms with Crippen LogP contribution in [0.4, 0.5) is 0 Å². The van der Waals surface area contributed by atoms with Gasteiger partial charge in [-0.15, -0.1) is 0 Å². The summed E-state index contributed by atoms with van der Waals surface area (Å²) in [5.74, 6) is -0.496. The molecule has 0 aliphatic rings. The summed E-state index contributed by atoms with van der Waals surface area (Å²) in [5.41, 5.74) is 7.04. The minimum absolute atomic E-state index is 0.0407. The molecule has 1 amide bonds. The normalized spacial score (nSPS) is 11.8. The second-order valence-corrected chi connectivity index (χ2v) is 10.2. The standard InChI is InChI=1S/C26H29N3O4S/c1-18-8-10-22(11-9-18)16-29(34(32,33)26-20(3)12-19(2)13-21(26)4)17-25(31)28-27-15-23-6-5-7-24(30)14-23/h5-15,30H,16-17H2,1-4H3,(H,28,31)/b27-15+. The molecule has 0 radical (unpaired) electrons. The molecule has 34 heavy (non-hydrogen) atoms. The number of phenolic OH excluding ortho intramolecular Hbond substituents is 1. The predicted molar refractivity (Wildman–Crippen MR) is 133 cm³/mol. The van der Waals surface area contributed by atoms with Crippen LogP contribution in [0, 0.1) is 27.7 Å². The minimum atomic E-state index is -3.98. The lowest BCUT2D eigenvalue weighted by Gasteiger charge is -2.24. The Morgan fingerprint density at radius 2 is 1.62 bits per heavy atom. The summed E-state index contributed by atoms with van der Waals surface area (Å²) in [5, 5.41) is 13.4. The Morgan fingerprint density at radius 3 is 2.24 bits per heavy atom. The van der Waals surface area contributed by atoms with Crippen molar-refractivity contribution in [3.63, 3.8) is 0 Å². The number of hydrazone groups is 1. The topological polar surface area (TPSA) is 99.1 Å². The summed E-state index contributed by atoms with van der Waals surface area (Å²) in [7, 11) is -3.98. The molecule has 3 aromatic carbocycles. The molecular weight excluding hydrogens is 450 g/mol. The van der Waals surface area contributed by atoms with E-state index in [1.165, 1.54) is 22.7 Å². The summed E-state index contributed by atoms with van der Waals surface area (Å²) < 4.78 is 28.6. The molecule has 0 heterocycles. The second-order valence-electron chi connectivity index (χ2n) is 8.37. The first-order valence-electron chi connectivity index (χ1n) is 10.8. The quantitative estimate of drug-likeness (QED) is 0.377. The maximum absolute atomic E-state index is 13.7. The number of carbonyl (C=O) groups excluding carboxylic acids is 1. The SMILES string of the molecule is Cc1ccc(CN(CC(=O)N/N=C/c2cccc(O)c2)S(=O)(=O)c2c(C)cc(C)cc2C)cc1. The third-order valence-electron chi connectivity index (χ3n) is 5.28. The molecule has 0 saturated carbocycles. The lowest BCUT2D eigenvalue weighted by molar-refractivity contribution is -0.121. The molecule has 0 aliphatic heterocycles. The van der Waals surface area contributed by atoms with Gasteiger partial charge in [0.15, 0.2) is 0 Å². The van der Waals surface area contributed by atoms with Gasteiger partial charge in [-0.05, 0) is 62.1 Å². The van der Waals surface area contributed by atoms with E-state index < -0.39 is 22.5 Å². The molecule has 0 unspecified atom stereocenters. The van der Waals surface area contributed by atoms with Gasteiger partial charge in [0.25, 0.3) is 5.91 Å². The van der Waals surface area contributed by atoms with Gasteiger partial charge in [0, 0.05) is 6.54 Å². The number of nitrogens with one attached hydrogen (secondary N) is 1. The fourth-order valence-corrected chi connectivity index (χ4v) is 5.60. The zero-order chi connectivity index (χ0) is 24.9. The first-order chi connectivity index (χ1) is 16.1. The molecule has 0 bridgehead atoms. The van der Waals surface area contributed by atoms with E-state index in [0.717, 1.165) is 16.7 Å². The van der Waals surface area contributed by atoms with Gasteiger partial charge in [0.2, 0.25) is 10.0 Å². The summed E-state index contributed by atoms with van der Waals surface area (Å²) in [6.45, 7) is 7.03. The van der Waals surface area contributed by atoms with Gasteiger partial charge in [-0.25, -0.2) is 13.8 Å². The van der Waals surface area contributed by atoms with Crippen molar-refractivity contribution in [1.29, 1.82) is 0 Å². The average Bonchev–Trinajstić information content (AvgIpc) is 2.74. The molecule has 7 nitrogen and oxygen atoms in total. The Hall–Kier alpha value is -3.49. The number of sulfonamides is 1. The number of amides is 1. The second kappa shape index (κ2) is 10.6. The van der Waals surface area contributed by atoms with Gasteiger partial charge in [-0.2, -0.15) is 9.41 Å².